The number of oxazole rings is 1. The van der Waals surface area contributed by atoms with Gasteiger partial charge < -0.3 is 9.15 Å². The molecule has 2 aromatic heterocycles. The summed E-state index contributed by atoms with van der Waals surface area (Å²) in [6, 6.07) is 10.1. The minimum absolute atomic E-state index is 0.0324. The van der Waals surface area contributed by atoms with Gasteiger partial charge in [-0.2, -0.15) is 4.98 Å². The molecule has 2 aliphatic rings. The zero-order valence-corrected chi connectivity index (χ0v) is 14.2. The molecule has 3 aromatic rings. The maximum absolute atomic E-state index is 12.3. The predicted octanol–water partition coefficient (Wildman–Crippen LogP) is 3.90. The molecule has 1 amide bonds. The molecular weight excluding hydrogens is 330 g/mol. The molecule has 1 N–H and O–H groups in total. The summed E-state index contributed by atoms with van der Waals surface area (Å²) < 4.78 is 11.4. The van der Waals surface area contributed by atoms with E-state index in [2.05, 4.69) is 15.3 Å². The Morgan fingerprint density at radius 2 is 2.04 bits per heavy atom. The minimum Gasteiger partial charge on any atom is -0.488 e. The van der Waals surface area contributed by atoms with Crippen molar-refractivity contribution >= 4 is 22.8 Å². The summed E-state index contributed by atoms with van der Waals surface area (Å²) >= 11 is 0. The van der Waals surface area contributed by atoms with Crippen LogP contribution in [0.4, 0.5) is 6.01 Å². The standard InChI is InChI=1S/C20H19N3O3/c24-19(23-20-22-16(11-25-20)12-6-7-12)14-9-15(10-14)26-17-5-1-3-13-4-2-8-21-18(13)17/h1-5,8,11-12,14-15H,6-7,9-10H2,(H,22,23,24)/t14-,15-. The third kappa shape index (κ3) is 2.92. The summed E-state index contributed by atoms with van der Waals surface area (Å²) in [7, 11) is 0. The van der Waals surface area contributed by atoms with E-state index < -0.39 is 0 Å². The normalized spacial score (nSPS) is 22.0. The number of rotatable bonds is 5. The van der Waals surface area contributed by atoms with Gasteiger partial charge >= 0.3 is 6.01 Å². The van der Waals surface area contributed by atoms with Crippen molar-refractivity contribution in [2.75, 3.05) is 5.32 Å². The van der Waals surface area contributed by atoms with Crippen molar-refractivity contribution in [2.45, 2.75) is 37.7 Å². The molecule has 132 valence electrons. The van der Waals surface area contributed by atoms with Crippen LogP contribution in [0.15, 0.2) is 47.2 Å². The van der Waals surface area contributed by atoms with Crippen LogP contribution in [0.5, 0.6) is 5.75 Å². The van der Waals surface area contributed by atoms with Gasteiger partial charge in [-0.3, -0.25) is 15.1 Å². The van der Waals surface area contributed by atoms with E-state index in [1.165, 1.54) is 0 Å². The van der Waals surface area contributed by atoms with Crippen LogP contribution in [0.25, 0.3) is 10.9 Å². The number of benzene rings is 1. The van der Waals surface area contributed by atoms with Crippen LogP contribution in [0.2, 0.25) is 0 Å². The zero-order chi connectivity index (χ0) is 17.5. The molecule has 0 atom stereocenters. The van der Waals surface area contributed by atoms with Crippen LogP contribution < -0.4 is 10.1 Å². The van der Waals surface area contributed by atoms with Gasteiger partial charge in [0.2, 0.25) is 5.91 Å². The predicted molar refractivity (Wildman–Crippen MR) is 96.0 cm³/mol. The highest BCUT2D eigenvalue weighted by Gasteiger charge is 2.37. The Labute approximate surface area is 150 Å². The highest BCUT2D eigenvalue weighted by atomic mass is 16.5. The summed E-state index contributed by atoms with van der Waals surface area (Å²) in [5.74, 6) is 1.17. The topological polar surface area (TPSA) is 77.2 Å². The molecule has 0 bridgehead atoms. The van der Waals surface area contributed by atoms with Crippen LogP contribution in [0, 0.1) is 5.92 Å². The Hall–Kier alpha value is -2.89. The summed E-state index contributed by atoms with van der Waals surface area (Å²) in [6.45, 7) is 0. The monoisotopic (exact) mass is 349 g/mol. The molecular formula is C20H19N3O3. The Balaban J connectivity index is 1.18. The number of ether oxygens (including phenoxy) is 1. The number of anilines is 1. The second-order valence-corrected chi connectivity index (χ2v) is 7.08. The molecule has 0 saturated heterocycles. The van der Waals surface area contributed by atoms with Gasteiger partial charge in [-0.15, -0.1) is 0 Å². The van der Waals surface area contributed by atoms with Gasteiger partial charge in [0.05, 0.1) is 5.69 Å². The molecule has 0 spiro atoms. The lowest BCUT2D eigenvalue weighted by Crippen LogP contribution is -2.40. The lowest BCUT2D eigenvalue weighted by molar-refractivity contribution is -0.125. The number of para-hydroxylation sites is 1. The first-order valence-electron chi connectivity index (χ1n) is 9.03. The van der Waals surface area contributed by atoms with Gasteiger partial charge in [-0.05, 0) is 37.8 Å². The number of carbonyl (C=O) groups is 1. The summed E-state index contributed by atoms with van der Waals surface area (Å²) in [4.78, 5) is 21.1. The maximum atomic E-state index is 12.3. The maximum Gasteiger partial charge on any atom is 0.301 e. The molecule has 1 aromatic carbocycles. The number of nitrogens with zero attached hydrogens (tertiary/aromatic N) is 2. The fourth-order valence-electron chi connectivity index (χ4n) is 3.34. The molecule has 0 unspecified atom stereocenters. The van der Waals surface area contributed by atoms with Crippen molar-refractivity contribution in [3.63, 3.8) is 0 Å². The summed E-state index contributed by atoms with van der Waals surface area (Å²) in [6.07, 6.45) is 7.13. The molecule has 26 heavy (non-hydrogen) atoms. The number of pyridine rings is 1. The Morgan fingerprint density at radius 1 is 1.19 bits per heavy atom. The minimum atomic E-state index is -0.0702. The molecule has 0 radical (unpaired) electrons. The van der Waals surface area contributed by atoms with Crippen molar-refractivity contribution < 1.29 is 13.9 Å². The van der Waals surface area contributed by atoms with Crippen molar-refractivity contribution in [1.82, 2.24) is 9.97 Å². The number of hydrogen-bond donors (Lipinski definition) is 1. The molecule has 5 rings (SSSR count). The van der Waals surface area contributed by atoms with E-state index in [4.69, 9.17) is 9.15 Å². The molecule has 6 nitrogen and oxygen atoms in total. The zero-order valence-electron chi connectivity index (χ0n) is 14.2. The molecule has 6 heteroatoms. The first-order valence-corrected chi connectivity index (χ1v) is 9.03. The number of carbonyl (C=O) groups excluding carboxylic acids is 1. The van der Waals surface area contributed by atoms with Crippen molar-refractivity contribution in [1.29, 1.82) is 0 Å². The third-order valence-electron chi connectivity index (χ3n) is 5.10. The molecule has 2 fully saturated rings. The fraction of sp³-hybridized carbons (Fsp3) is 0.350. The smallest absolute Gasteiger partial charge is 0.301 e. The van der Waals surface area contributed by atoms with Crippen LogP contribution in [-0.4, -0.2) is 22.0 Å². The fourth-order valence-corrected chi connectivity index (χ4v) is 3.34. The van der Waals surface area contributed by atoms with E-state index in [-0.39, 0.29) is 17.9 Å². The van der Waals surface area contributed by atoms with Gasteiger partial charge in [0.1, 0.15) is 23.6 Å². The molecule has 0 aliphatic heterocycles. The molecule has 2 aliphatic carbocycles. The average molecular weight is 349 g/mol. The SMILES string of the molecule is O=C(Nc1nc(C2CC2)co1)[C@H]1C[C@H](Oc2cccc3cccnc23)C1. The van der Waals surface area contributed by atoms with Crippen LogP contribution in [0.1, 0.15) is 37.3 Å². The second-order valence-electron chi connectivity index (χ2n) is 7.08. The van der Waals surface area contributed by atoms with Crippen molar-refractivity contribution in [3.8, 4) is 5.75 Å². The molecule has 2 saturated carbocycles. The van der Waals surface area contributed by atoms with E-state index in [1.54, 1.807) is 12.5 Å². The number of nitrogens with one attached hydrogen (secondary N) is 1. The first-order chi connectivity index (χ1) is 12.8. The average Bonchev–Trinajstić information content (AvgIpc) is 3.37. The Morgan fingerprint density at radius 3 is 2.88 bits per heavy atom. The third-order valence-corrected chi connectivity index (χ3v) is 5.10. The molecule has 2 heterocycles. The van der Waals surface area contributed by atoms with Gasteiger partial charge in [0, 0.05) is 23.4 Å². The quantitative estimate of drug-likeness (QED) is 0.756. The Bertz CT molecular complexity index is 952. The van der Waals surface area contributed by atoms with E-state index >= 15 is 0 Å². The van der Waals surface area contributed by atoms with Gasteiger partial charge in [0.15, 0.2) is 0 Å². The highest BCUT2D eigenvalue weighted by Crippen LogP contribution is 2.40. The van der Waals surface area contributed by atoms with Crippen LogP contribution in [-0.2, 0) is 4.79 Å². The second kappa shape index (κ2) is 6.12. The van der Waals surface area contributed by atoms with Crippen LogP contribution in [0.3, 0.4) is 0 Å². The van der Waals surface area contributed by atoms with Gasteiger partial charge in [-0.1, -0.05) is 18.2 Å². The summed E-state index contributed by atoms with van der Waals surface area (Å²) in [5, 5.41) is 3.83. The largest absolute Gasteiger partial charge is 0.488 e. The van der Waals surface area contributed by atoms with Crippen LogP contribution >= 0.6 is 0 Å². The van der Waals surface area contributed by atoms with Gasteiger partial charge in [0.25, 0.3) is 0 Å². The summed E-state index contributed by atoms with van der Waals surface area (Å²) in [5.41, 5.74) is 1.80. The number of amides is 1. The van der Waals surface area contributed by atoms with Crippen molar-refractivity contribution in [2.24, 2.45) is 5.92 Å². The lowest BCUT2D eigenvalue weighted by atomic mass is 9.81. The number of aromatic nitrogens is 2. The lowest BCUT2D eigenvalue weighted by Gasteiger charge is -2.34. The van der Waals surface area contributed by atoms with Gasteiger partial charge in [-0.25, -0.2) is 0 Å². The van der Waals surface area contributed by atoms with Crippen molar-refractivity contribution in [3.05, 3.63) is 48.5 Å². The van der Waals surface area contributed by atoms with E-state index in [1.807, 2.05) is 30.3 Å². The number of hydrogen-bond acceptors (Lipinski definition) is 5. The Kier molecular flexibility index (Phi) is 3.62. The van der Waals surface area contributed by atoms with E-state index in [0.717, 1.165) is 35.2 Å². The number of fused-ring (bicyclic) bond motifs is 1. The first kappa shape index (κ1) is 15.4. The van der Waals surface area contributed by atoms with E-state index in [9.17, 15) is 4.79 Å². The highest BCUT2D eigenvalue weighted by molar-refractivity contribution is 5.91. The van der Waals surface area contributed by atoms with E-state index in [0.29, 0.717) is 24.8 Å².